The Kier molecular flexibility index (Phi) is 4.34. The zero-order valence-corrected chi connectivity index (χ0v) is 12.3. The van der Waals surface area contributed by atoms with Gasteiger partial charge in [-0.15, -0.1) is 11.6 Å². The molecule has 1 nitrogen and oxygen atoms in total. The van der Waals surface area contributed by atoms with E-state index in [1.54, 1.807) is 0 Å². The molecule has 1 aromatic rings. The first kappa shape index (κ1) is 13.9. The van der Waals surface area contributed by atoms with Crippen LogP contribution in [0.5, 0.6) is 0 Å². The van der Waals surface area contributed by atoms with Gasteiger partial charge in [-0.2, -0.15) is 0 Å². The molecule has 1 heterocycles. The predicted molar refractivity (Wildman–Crippen MR) is 77.3 cm³/mol. The Morgan fingerprint density at radius 2 is 1.89 bits per heavy atom. The maximum atomic E-state index is 6.57. The van der Waals surface area contributed by atoms with Crippen molar-refractivity contribution in [3.63, 3.8) is 0 Å². The summed E-state index contributed by atoms with van der Waals surface area (Å²) in [4.78, 5) is 0. The molecule has 1 fully saturated rings. The zero-order chi connectivity index (χ0) is 13.2. The summed E-state index contributed by atoms with van der Waals surface area (Å²) in [7, 11) is 0. The van der Waals surface area contributed by atoms with E-state index in [-0.39, 0.29) is 10.8 Å². The molecule has 1 aromatic carbocycles. The van der Waals surface area contributed by atoms with Crippen LogP contribution in [0, 0.1) is 5.92 Å². The molecule has 0 spiro atoms. The van der Waals surface area contributed by atoms with E-state index in [1.165, 1.54) is 17.5 Å². The highest BCUT2D eigenvalue weighted by molar-refractivity contribution is 6.21. The van der Waals surface area contributed by atoms with Crippen molar-refractivity contribution in [1.82, 2.24) is 0 Å². The lowest BCUT2D eigenvalue weighted by Gasteiger charge is -2.27. The van der Waals surface area contributed by atoms with Crippen LogP contribution in [-0.4, -0.2) is 13.2 Å². The van der Waals surface area contributed by atoms with Gasteiger partial charge < -0.3 is 4.74 Å². The fourth-order valence-electron chi connectivity index (χ4n) is 2.44. The first-order chi connectivity index (χ1) is 8.48. The van der Waals surface area contributed by atoms with Gasteiger partial charge in [-0.1, -0.05) is 45.0 Å². The molecule has 1 aliphatic rings. The van der Waals surface area contributed by atoms with Gasteiger partial charge in [-0.25, -0.2) is 0 Å². The van der Waals surface area contributed by atoms with Crippen LogP contribution in [0.3, 0.4) is 0 Å². The summed E-state index contributed by atoms with van der Waals surface area (Å²) in [5.74, 6) is 0.459. The van der Waals surface area contributed by atoms with Gasteiger partial charge in [0, 0.05) is 12.5 Å². The van der Waals surface area contributed by atoms with Crippen LogP contribution in [0.1, 0.15) is 50.1 Å². The maximum Gasteiger partial charge on any atom is 0.0635 e. The number of ether oxygens (including phenoxy) is 1. The van der Waals surface area contributed by atoms with E-state index in [2.05, 4.69) is 45.0 Å². The van der Waals surface area contributed by atoms with Crippen molar-refractivity contribution in [2.45, 2.75) is 44.4 Å². The lowest BCUT2D eigenvalue weighted by molar-refractivity contribution is 0.0531. The number of rotatable bonds is 2. The number of benzene rings is 1. The van der Waals surface area contributed by atoms with Crippen molar-refractivity contribution >= 4 is 11.6 Å². The second kappa shape index (κ2) is 5.63. The second-order valence-electron chi connectivity index (χ2n) is 6.25. The van der Waals surface area contributed by atoms with E-state index in [4.69, 9.17) is 16.3 Å². The molecule has 0 radical (unpaired) electrons. The Morgan fingerprint density at radius 3 is 2.39 bits per heavy atom. The molecule has 0 N–H and O–H groups in total. The highest BCUT2D eigenvalue weighted by Gasteiger charge is 2.24. The fourth-order valence-corrected chi connectivity index (χ4v) is 2.78. The minimum absolute atomic E-state index is 0.0827. The third-order valence-corrected chi connectivity index (χ3v) is 4.31. The molecular weight excluding hydrogens is 244 g/mol. The summed E-state index contributed by atoms with van der Waals surface area (Å²) in [6, 6.07) is 8.75. The minimum atomic E-state index is 0.0827. The summed E-state index contributed by atoms with van der Waals surface area (Å²) >= 11 is 6.57. The monoisotopic (exact) mass is 266 g/mol. The van der Waals surface area contributed by atoms with Gasteiger partial charge in [0.05, 0.1) is 12.0 Å². The van der Waals surface area contributed by atoms with Crippen molar-refractivity contribution in [2.24, 2.45) is 5.92 Å². The van der Waals surface area contributed by atoms with Crippen LogP contribution in [0.4, 0.5) is 0 Å². The second-order valence-corrected chi connectivity index (χ2v) is 6.72. The van der Waals surface area contributed by atoms with Gasteiger partial charge in [-0.3, -0.25) is 0 Å². The van der Waals surface area contributed by atoms with Gasteiger partial charge in [0.25, 0.3) is 0 Å². The Balaban J connectivity index is 2.09. The largest absolute Gasteiger partial charge is 0.381 e. The van der Waals surface area contributed by atoms with Crippen LogP contribution in [0.15, 0.2) is 24.3 Å². The van der Waals surface area contributed by atoms with Crippen LogP contribution in [0.2, 0.25) is 0 Å². The van der Waals surface area contributed by atoms with Crippen molar-refractivity contribution in [3.8, 4) is 0 Å². The Hall–Kier alpha value is -0.530. The van der Waals surface area contributed by atoms with E-state index in [1.807, 2.05) is 0 Å². The molecule has 18 heavy (non-hydrogen) atoms. The summed E-state index contributed by atoms with van der Waals surface area (Å²) in [5.41, 5.74) is 2.78. The number of hydrogen-bond acceptors (Lipinski definition) is 1. The molecule has 100 valence electrons. The third kappa shape index (κ3) is 3.27. The molecule has 0 saturated carbocycles. The molecule has 0 bridgehead atoms. The number of halogens is 1. The molecule has 2 atom stereocenters. The van der Waals surface area contributed by atoms with Crippen molar-refractivity contribution in [3.05, 3.63) is 35.4 Å². The minimum Gasteiger partial charge on any atom is -0.381 e. The summed E-state index contributed by atoms with van der Waals surface area (Å²) in [6.07, 6.45) is 2.31. The Labute approximate surface area is 115 Å². The van der Waals surface area contributed by atoms with Gasteiger partial charge in [0.1, 0.15) is 0 Å². The molecule has 0 aliphatic carbocycles. The van der Waals surface area contributed by atoms with E-state index in [9.17, 15) is 0 Å². The van der Waals surface area contributed by atoms with Crippen LogP contribution in [-0.2, 0) is 10.2 Å². The quantitative estimate of drug-likeness (QED) is 0.706. The Bertz CT molecular complexity index is 371. The fraction of sp³-hybridized carbons (Fsp3) is 0.625. The number of hydrogen-bond donors (Lipinski definition) is 0. The van der Waals surface area contributed by atoms with Gasteiger partial charge in [0.2, 0.25) is 0 Å². The van der Waals surface area contributed by atoms with Crippen molar-refractivity contribution in [1.29, 1.82) is 0 Å². The SMILES string of the molecule is CC(C)(C)c1ccc(C(Cl)C2CCCOC2)cc1. The molecule has 2 unspecified atom stereocenters. The normalized spacial score (nSPS) is 22.8. The molecule has 1 saturated heterocycles. The number of alkyl halides is 1. The van der Waals surface area contributed by atoms with Crippen LogP contribution in [0.25, 0.3) is 0 Å². The molecular formula is C16H23ClO. The van der Waals surface area contributed by atoms with E-state index in [0.29, 0.717) is 5.92 Å². The van der Waals surface area contributed by atoms with Crippen LogP contribution < -0.4 is 0 Å². The van der Waals surface area contributed by atoms with Crippen molar-refractivity contribution in [2.75, 3.05) is 13.2 Å². The molecule has 2 heteroatoms. The lowest BCUT2D eigenvalue weighted by Crippen LogP contribution is -2.21. The third-order valence-electron chi connectivity index (χ3n) is 3.70. The molecule has 2 rings (SSSR count). The van der Waals surface area contributed by atoms with Crippen molar-refractivity contribution < 1.29 is 4.74 Å². The van der Waals surface area contributed by atoms with E-state index >= 15 is 0 Å². The predicted octanol–water partition coefficient (Wildman–Crippen LogP) is 4.69. The van der Waals surface area contributed by atoms with Gasteiger partial charge >= 0.3 is 0 Å². The average molecular weight is 267 g/mol. The topological polar surface area (TPSA) is 9.23 Å². The summed E-state index contributed by atoms with van der Waals surface area (Å²) in [5, 5.41) is 0.0827. The lowest BCUT2D eigenvalue weighted by atomic mass is 9.85. The molecule has 0 amide bonds. The highest BCUT2D eigenvalue weighted by atomic mass is 35.5. The maximum absolute atomic E-state index is 6.57. The summed E-state index contributed by atoms with van der Waals surface area (Å²) < 4.78 is 5.52. The standard InChI is InChI=1S/C16H23ClO/c1-16(2,3)14-8-6-12(7-9-14)15(17)13-5-4-10-18-11-13/h6-9,13,15H,4-5,10-11H2,1-3H3. The first-order valence-electron chi connectivity index (χ1n) is 6.81. The van der Waals surface area contributed by atoms with Gasteiger partial charge in [0.15, 0.2) is 0 Å². The van der Waals surface area contributed by atoms with Crippen LogP contribution >= 0.6 is 11.6 Å². The molecule has 0 aromatic heterocycles. The average Bonchev–Trinajstić information content (AvgIpc) is 2.38. The summed E-state index contributed by atoms with van der Waals surface area (Å²) in [6.45, 7) is 8.39. The Morgan fingerprint density at radius 1 is 1.22 bits per heavy atom. The van der Waals surface area contributed by atoms with E-state index in [0.717, 1.165) is 19.6 Å². The highest BCUT2D eigenvalue weighted by Crippen LogP contribution is 2.35. The zero-order valence-electron chi connectivity index (χ0n) is 11.6. The smallest absolute Gasteiger partial charge is 0.0635 e. The first-order valence-corrected chi connectivity index (χ1v) is 7.24. The molecule has 1 aliphatic heterocycles. The van der Waals surface area contributed by atoms with Gasteiger partial charge in [-0.05, 0) is 29.4 Å². The van der Waals surface area contributed by atoms with E-state index < -0.39 is 0 Å².